The van der Waals surface area contributed by atoms with Crippen LogP contribution in [0.5, 0.6) is 0 Å². The van der Waals surface area contributed by atoms with E-state index in [4.69, 9.17) is 14.6 Å². The molecule has 74 valence electrons. The highest BCUT2D eigenvalue weighted by atomic mass is 28.4. The molecule has 0 atom stereocenters. The van der Waals surface area contributed by atoms with E-state index >= 15 is 0 Å². The van der Waals surface area contributed by atoms with Crippen molar-refractivity contribution in [3.8, 4) is 0 Å². The Hall–Kier alpha value is 0.0969. The van der Waals surface area contributed by atoms with Crippen molar-refractivity contribution >= 4 is 8.56 Å². The zero-order chi connectivity index (χ0) is 9.45. The first-order valence-electron chi connectivity index (χ1n) is 4.72. The number of nitrogens with two attached hydrogens (primary N) is 1. The Kier molecular flexibility index (Phi) is 6.65. The van der Waals surface area contributed by atoms with Crippen LogP contribution < -0.4 is 5.73 Å². The van der Waals surface area contributed by atoms with Crippen LogP contribution in [0.25, 0.3) is 0 Å². The van der Waals surface area contributed by atoms with Crippen LogP contribution >= 0.6 is 0 Å². The molecule has 0 radical (unpaired) electrons. The third kappa shape index (κ3) is 3.67. The second-order valence-electron chi connectivity index (χ2n) is 2.67. The van der Waals surface area contributed by atoms with Gasteiger partial charge in [0.05, 0.1) is 0 Å². The van der Waals surface area contributed by atoms with Gasteiger partial charge in [-0.15, -0.1) is 0 Å². The van der Waals surface area contributed by atoms with Gasteiger partial charge >= 0.3 is 8.56 Å². The molecule has 0 aliphatic heterocycles. The van der Waals surface area contributed by atoms with Gasteiger partial charge in [-0.25, -0.2) is 0 Å². The fourth-order valence-electron chi connectivity index (χ4n) is 1.31. The van der Waals surface area contributed by atoms with Crippen LogP contribution in [-0.4, -0.2) is 28.3 Å². The lowest BCUT2D eigenvalue weighted by molar-refractivity contribution is 0.184. The van der Waals surface area contributed by atoms with Gasteiger partial charge in [0.15, 0.2) is 0 Å². The van der Waals surface area contributed by atoms with E-state index in [1.54, 1.807) is 0 Å². The first-order chi connectivity index (χ1) is 5.74. The third-order valence-corrected chi connectivity index (χ3v) is 5.64. The van der Waals surface area contributed by atoms with Gasteiger partial charge in [-0.3, -0.25) is 0 Å². The van der Waals surface area contributed by atoms with Crippen LogP contribution in [0.15, 0.2) is 0 Å². The van der Waals surface area contributed by atoms with Crippen LogP contribution in [0, 0.1) is 0 Å². The quantitative estimate of drug-likeness (QED) is 0.620. The first kappa shape index (κ1) is 12.1. The van der Waals surface area contributed by atoms with E-state index in [0.29, 0.717) is 6.54 Å². The van der Waals surface area contributed by atoms with E-state index in [2.05, 4.69) is 6.92 Å². The number of hydrogen-bond donors (Lipinski definition) is 1. The molecule has 0 aromatic heterocycles. The molecular formula is C8H21NO2Si. The second-order valence-corrected chi connectivity index (χ2v) is 6.27. The topological polar surface area (TPSA) is 44.5 Å². The molecule has 0 bridgehead atoms. The maximum absolute atomic E-state index is 5.70. The maximum atomic E-state index is 5.70. The summed E-state index contributed by atoms with van der Waals surface area (Å²) in [6, 6.07) is 1.90. The number of rotatable bonds is 7. The summed E-state index contributed by atoms with van der Waals surface area (Å²) in [6.45, 7) is 8.27. The maximum Gasteiger partial charge on any atom is 0.339 e. The van der Waals surface area contributed by atoms with Crippen molar-refractivity contribution < 1.29 is 8.85 Å². The monoisotopic (exact) mass is 191 g/mol. The highest BCUT2D eigenvalue weighted by molar-refractivity contribution is 6.67. The predicted octanol–water partition coefficient (Wildman–Crippen LogP) is 1.48. The van der Waals surface area contributed by atoms with Gasteiger partial charge in [-0.2, -0.15) is 0 Å². The Morgan fingerprint density at radius 3 is 1.83 bits per heavy atom. The largest absolute Gasteiger partial charge is 0.394 e. The molecule has 0 aromatic rings. The summed E-state index contributed by atoms with van der Waals surface area (Å²) in [5.41, 5.74) is 5.53. The van der Waals surface area contributed by atoms with Crippen LogP contribution in [0.2, 0.25) is 12.1 Å². The minimum absolute atomic E-state index is 0.667. The third-order valence-electron chi connectivity index (χ3n) is 1.88. The molecule has 3 nitrogen and oxygen atoms in total. The van der Waals surface area contributed by atoms with Gasteiger partial charge in [0.25, 0.3) is 0 Å². The summed E-state index contributed by atoms with van der Waals surface area (Å²) < 4.78 is 11.4. The molecule has 0 aliphatic carbocycles. The molecule has 0 aliphatic rings. The fraction of sp³-hybridized carbons (Fsp3) is 1.00. The zero-order valence-corrected chi connectivity index (χ0v) is 9.43. The molecule has 0 saturated heterocycles. The second kappa shape index (κ2) is 6.60. The average Bonchev–Trinajstić information content (AvgIpc) is 2.06. The van der Waals surface area contributed by atoms with Crippen LogP contribution in [0.3, 0.4) is 0 Å². The normalized spacial score (nSPS) is 12.0. The van der Waals surface area contributed by atoms with Gasteiger partial charge in [-0.05, 0) is 26.4 Å². The van der Waals surface area contributed by atoms with Gasteiger partial charge in [0.2, 0.25) is 0 Å². The molecule has 0 aromatic carbocycles. The van der Waals surface area contributed by atoms with E-state index in [0.717, 1.165) is 25.3 Å². The van der Waals surface area contributed by atoms with E-state index in [1.807, 2.05) is 13.8 Å². The van der Waals surface area contributed by atoms with E-state index in [1.165, 1.54) is 0 Å². The summed E-state index contributed by atoms with van der Waals surface area (Å²) in [4.78, 5) is 0. The van der Waals surface area contributed by atoms with Crippen molar-refractivity contribution in [2.45, 2.75) is 32.9 Å². The molecule has 0 heterocycles. The zero-order valence-electron chi connectivity index (χ0n) is 8.43. The lowest BCUT2D eigenvalue weighted by Crippen LogP contribution is -2.43. The van der Waals surface area contributed by atoms with Crippen molar-refractivity contribution in [2.75, 3.05) is 19.8 Å². The van der Waals surface area contributed by atoms with Gasteiger partial charge in [0.1, 0.15) is 0 Å². The van der Waals surface area contributed by atoms with E-state index in [9.17, 15) is 0 Å². The molecule has 2 N–H and O–H groups in total. The Bertz CT molecular complexity index is 94.2. The smallest absolute Gasteiger partial charge is 0.339 e. The minimum Gasteiger partial charge on any atom is -0.394 e. The summed E-state index contributed by atoms with van der Waals surface area (Å²) in [5, 5.41) is 0. The van der Waals surface area contributed by atoms with Gasteiger partial charge in [0, 0.05) is 19.3 Å². The number of hydrogen-bond acceptors (Lipinski definition) is 3. The molecule has 0 amide bonds. The summed E-state index contributed by atoms with van der Waals surface area (Å²) >= 11 is 0. The molecule has 0 unspecified atom stereocenters. The van der Waals surface area contributed by atoms with Crippen molar-refractivity contribution in [1.82, 2.24) is 0 Å². The fourth-order valence-corrected chi connectivity index (χ4v) is 3.94. The van der Waals surface area contributed by atoms with Gasteiger partial charge in [-0.1, -0.05) is 6.92 Å². The van der Waals surface area contributed by atoms with Crippen LogP contribution in [0.4, 0.5) is 0 Å². The van der Waals surface area contributed by atoms with Crippen LogP contribution in [-0.2, 0) is 8.85 Å². The van der Waals surface area contributed by atoms with E-state index < -0.39 is 8.56 Å². The molecule has 0 saturated carbocycles. The lowest BCUT2D eigenvalue weighted by Gasteiger charge is -2.28. The van der Waals surface area contributed by atoms with Gasteiger partial charge < -0.3 is 14.6 Å². The Morgan fingerprint density at radius 1 is 1.08 bits per heavy atom. The highest BCUT2D eigenvalue weighted by Gasteiger charge is 2.33. The van der Waals surface area contributed by atoms with Crippen molar-refractivity contribution in [2.24, 2.45) is 5.73 Å². The molecular weight excluding hydrogens is 170 g/mol. The Balaban J connectivity index is 4.06. The molecule has 0 rings (SSSR count). The van der Waals surface area contributed by atoms with Crippen molar-refractivity contribution in [3.05, 3.63) is 0 Å². The predicted molar refractivity (Wildman–Crippen MR) is 53.3 cm³/mol. The summed E-state index contributed by atoms with van der Waals surface area (Å²) in [7, 11) is -1.89. The Labute approximate surface area is 76.5 Å². The molecule has 0 fully saturated rings. The molecule has 4 heteroatoms. The summed E-state index contributed by atoms with van der Waals surface area (Å²) in [6.07, 6.45) is 0. The lowest BCUT2D eigenvalue weighted by atomic mass is 10.8. The van der Waals surface area contributed by atoms with Crippen LogP contribution in [0.1, 0.15) is 20.8 Å². The summed E-state index contributed by atoms with van der Waals surface area (Å²) in [5.74, 6) is 0. The van der Waals surface area contributed by atoms with Crippen molar-refractivity contribution in [1.29, 1.82) is 0 Å². The standard InChI is InChI=1S/C8H21NO2Si/c1-4-10-12(6-3,8-7-9)11-5-2/h4-9H2,1-3H3. The Morgan fingerprint density at radius 2 is 1.58 bits per heavy atom. The van der Waals surface area contributed by atoms with Crippen molar-refractivity contribution in [3.63, 3.8) is 0 Å². The first-order valence-corrected chi connectivity index (χ1v) is 6.95. The molecule has 12 heavy (non-hydrogen) atoms. The minimum atomic E-state index is -1.89. The average molecular weight is 191 g/mol. The highest BCUT2D eigenvalue weighted by Crippen LogP contribution is 2.17. The molecule has 0 spiro atoms. The SMILES string of the molecule is CCO[Si](CC)(CCN)OCC. The van der Waals surface area contributed by atoms with E-state index in [-0.39, 0.29) is 0 Å².